The number of para-hydroxylation sites is 1. The molecule has 3 N–H and O–H groups in total. The molecule has 0 saturated heterocycles. The van der Waals surface area contributed by atoms with Gasteiger partial charge in [-0.25, -0.2) is 0 Å². The molecule has 3 rings (SSSR count). The van der Waals surface area contributed by atoms with Gasteiger partial charge in [0.1, 0.15) is 0 Å². The molecule has 5 heteroatoms. The fraction of sp³-hybridized carbons (Fsp3) is 0.0625. The third-order valence-electron chi connectivity index (χ3n) is 2.86. The first kappa shape index (κ1) is 13.8. The predicted molar refractivity (Wildman–Crippen MR) is 90.0 cm³/mol. The van der Waals surface area contributed by atoms with Crippen LogP contribution in [-0.2, 0) is 0 Å². The van der Waals surface area contributed by atoms with Crippen LogP contribution in [-0.4, -0.2) is 12.5 Å². The Bertz CT molecular complexity index is 823. The molecular weight excluding hydrogens is 300 g/mol. The van der Waals surface area contributed by atoms with Gasteiger partial charge in [-0.15, -0.1) is 22.7 Å². The van der Waals surface area contributed by atoms with E-state index in [1.807, 2.05) is 41.8 Å². The number of nitrogens with two attached hydrogens (primary N) is 1. The third kappa shape index (κ3) is 2.98. The maximum absolute atomic E-state index is 12.3. The Hall–Kier alpha value is -2.13. The van der Waals surface area contributed by atoms with E-state index >= 15 is 0 Å². The SMILES string of the molecule is NCC#Cc1ccccc1NC(=O)c1cc2sccc2s1. The normalized spacial score (nSPS) is 10.1. The van der Waals surface area contributed by atoms with Gasteiger partial charge in [-0.2, -0.15) is 0 Å². The van der Waals surface area contributed by atoms with Gasteiger partial charge in [0.25, 0.3) is 5.91 Å². The largest absolute Gasteiger partial charge is 0.320 e. The molecule has 0 aliphatic carbocycles. The quantitative estimate of drug-likeness (QED) is 0.711. The van der Waals surface area contributed by atoms with E-state index in [0.29, 0.717) is 17.1 Å². The van der Waals surface area contributed by atoms with Crippen LogP contribution in [0.5, 0.6) is 0 Å². The molecule has 0 atom stereocenters. The van der Waals surface area contributed by atoms with Crippen molar-refractivity contribution in [2.24, 2.45) is 5.73 Å². The zero-order valence-electron chi connectivity index (χ0n) is 11.1. The first-order chi connectivity index (χ1) is 10.3. The molecule has 0 saturated carbocycles. The second-order valence-corrected chi connectivity index (χ2v) is 6.30. The zero-order valence-corrected chi connectivity index (χ0v) is 12.7. The predicted octanol–water partition coefficient (Wildman–Crippen LogP) is 3.53. The van der Waals surface area contributed by atoms with E-state index in [-0.39, 0.29) is 5.91 Å². The minimum atomic E-state index is -0.106. The van der Waals surface area contributed by atoms with Crippen LogP contribution in [0.3, 0.4) is 0 Å². The Morgan fingerprint density at radius 3 is 2.90 bits per heavy atom. The molecule has 0 aliphatic heterocycles. The van der Waals surface area contributed by atoms with Gasteiger partial charge in [0.05, 0.1) is 17.1 Å². The average Bonchev–Trinajstić information content (AvgIpc) is 3.07. The average molecular weight is 312 g/mol. The van der Waals surface area contributed by atoms with Crippen molar-refractivity contribution in [1.82, 2.24) is 0 Å². The minimum absolute atomic E-state index is 0.106. The molecule has 0 fully saturated rings. The summed E-state index contributed by atoms with van der Waals surface area (Å²) in [5.41, 5.74) is 6.87. The number of amides is 1. The number of benzene rings is 1. The molecule has 3 nitrogen and oxygen atoms in total. The zero-order chi connectivity index (χ0) is 14.7. The van der Waals surface area contributed by atoms with E-state index < -0.39 is 0 Å². The number of anilines is 1. The molecule has 0 unspecified atom stereocenters. The summed E-state index contributed by atoms with van der Waals surface area (Å²) in [5.74, 6) is 5.67. The van der Waals surface area contributed by atoms with Crippen molar-refractivity contribution in [3.8, 4) is 11.8 Å². The van der Waals surface area contributed by atoms with E-state index in [1.54, 1.807) is 11.3 Å². The number of hydrogen-bond donors (Lipinski definition) is 2. The Morgan fingerprint density at radius 1 is 1.24 bits per heavy atom. The Kier molecular flexibility index (Phi) is 4.02. The highest BCUT2D eigenvalue weighted by Gasteiger charge is 2.12. The lowest BCUT2D eigenvalue weighted by molar-refractivity contribution is 0.103. The fourth-order valence-electron chi connectivity index (χ4n) is 1.91. The van der Waals surface area contributed by atoms with Crippen LogP contribution in [0.2, 0.25) is 0 Å². The third-order valence-corrected chi connectivity index (χ3v) is 4.96. The highest BCUT2D eigenvalue weighted by molar-refractivity contribution is 7.27. The highest BCUT2D eigenvalue weighted by atomic mass is 32.1. The maximum atomic E-state index is 12.3. The summed E-state index contributed by atoms with van der Waals surface area (Å²) in [6, 6.07) is 11.4. The number of nitrogens with one attached hydrogen (secondary N) is 1. The topological polar surface area (TPSA) is 55.1 Å². The van der Waals surface area contributed by atoms with Gasteiger partial charge in [0.15, 0.2) is 0 Å². The standard InChI is InChI=1S/C16H12N2OS2/c17-8-3-5-11-4-1-2-6-12(11)18-16(19)15-10-14-13(21-15)7-9-20-14/h1-2,4,6-7,9-10H,8,17H2,(H,18,19). The summed E-state index contributed by atoms with van der Waals surface area (Å²) in [6.45, 7) is 0.295. The van der Waals surface area contributed by atoms with Gasteiger partial charge in [-0.3, -0.25) is 4.79 Å². The first-order valence-corrected chi connectivity index (χ1v) is 8.04. The molecule has 2 heterocycles. The summed E-state index contributed by atoms with van der Waals surface area (Å²) in [4.78, 5) is 13.0. The lowest BCUT2D eigenvalue weighted by Gasteiger charge is -2.05. The van der Waals surface area contributed by atoms with Gasteiger partial charge in [0.2, 0.25) is 0 Å². The van der Waals surface area contributed by atoms with E-state index in [2.05, 4.69) is 17.2 Å². The van der Waals surface area contributed by atoms with Crippen LogP contribution >= 0.6 is 22.7 Å². The Balaban J connectivity index is 1.86. The molecule has 3 aromatic rings. The van der Waals surface area contributed by atoms with Crippen molar-refractivity contribution in [3.63, 3.8) is 0 Å². The van der Waals surface area contributed by atoms with Crippen LogP contribution in [0.15, 0.2) is 41.8 Å². The molecule has 104 valence electrons. The van der Waals surface area contributed by atoms with Crippen LogP contribution in [0.1, 0.15) is 15.2 Å². The van der Waals surface area contributed by atoms with Gasteiger partial charge in [0, 0.05) is 15.0 Å². The number of fused-ring (bicyclic) bond motifs is 1. The van der Waals surface area contributed by atoms with Crippen molar-refractivity contribution < 1.29 is 4.79 Å². The molecule has 1 aromatic carbocycles. The van der Waals surface area contributed by atoms with E-state index in [4.69, 9.17) is 5.73 Å². The van der Waals surface area contributed by atoms with Crippen molar-refractivity contribution >= 4 is 43.7 Å². The van der Waals surface area contributed by atoms with E-state index in [0.717, 1.165) is 15.0 Å². The molecule has 2 aromatic heterocycles. The Morgan fingerprint density at radius 2 is 2.10 bits per heavy atom. The van der Waals surface area contributed by atoms with Gasteiger partial charge >= 0.3 is 0 Å². The van der Waals surface area contributed by atoms with Crippen molar-refractivity contribution in [3.05, 3.63) is 52.2 Å². The van der Waals surface area contributed by atoms with Crippen molar-refractivity contribution in [2.75, 3.05) is 11.9 Å². The Labute approximate surface area is 130 Å². The molecule has 1 amide bonds. The maximum Gasteiger partial charge on any atom is 0.265 e. The second kappa shape index (κ2) is 6.10. The van der Waals surface area contributed by atoms with Gasteiger partial charge in [-0.1, -0.05) is 24.0 Å². The van der Waals surface area contributed by atoms with Gasteiger partial charge < -0.3 is 11.1 Å². The molecule has 0 radical (unpaired) electrons. The lowest BCUT2D eigenvalue weighted by atomic mass is 10.2. The number of thiophene rings is 2. The number of rotatable bonds is 2. The van der Waals surface area contributed by atoms with E-state index in [9.17, 15) is 4.79 Å². The number of carbonyl (C=O) groups excluding carboxylic acids is 1. The van der Waals surface area contributed by atoms with Crippen molar-refractivity contribution in [2.45, 2.75) is 0 Å². The van der Waals surface area contributed by atoms with Crippen LogP contribution in [0.25, 0.3) is 9.40 Å². The van der Waals surface area contributed by atoms with Crippen LogP contribution < -0.4 is 11.1 Å². The summed E-state index contributed by atoms with van der Waals surface area (Å²) in [7, 11) is 0. The summed E-state index contributed by atoms with van der Waals surface area (Å²) < 4.78 is 2.28. The minimum Gasteiger partial charge on any atom is -0.320 e. The molecule has 0 bridgehead atoms. The smallest absolute Gasteiger partial charge is 0.265 e. The first-order valence-electron chi connectivity index (χ1n) is 6.34. The van der Waals surface area contributed by atoms with Crippen LogP contribution in [0.4, 0.5) is 5.69 Å². The molecule has 0 aliphatic rings. The molecule has 21 heavy (non-hydrogen) atoms. The molecular formula is C16H12N2OS2. The monoisotopic (exact) mass is 312 g/mol. The van der Waals surface area contributed by atoms with Gasteiger partial charge in [-0.05, 0) is 29.6 Å². The summed E-state index contributed by atoms with van der Waals surface area (Å²) >= 11 is 3.14. The number of carbonyl (C=O) groups is 1. The second-order valence-electron chi connectivity index (χ2n) is 4.27. The summed E-state index contributed by atoms with van der Waals surface area (Å²) in [6.07, 6.45) is 0. The fourth-order valence-corrected chi connectivity index (χ4v) is 3.91. The lowest BCUT2D eigenvalue weighted by Crippen LogP contribution is -2.11. The summed E-state index contributed by atoms with van der Waals surface area (Å²) in [5, 5.41) is 4.95. The number of hydrogen-bond acceptors (Lipinski definition) is 4. The molecule has 0 spiro atoms. The highest BCUT2D eigenvalue weighted by Crippen LogP contribution is 2.30. The van der Waals surface area contributed by atoms with E-state index in [1.165, 1.54) is 11.3 Å². The van der Waals surface area contributed by atoms with Crippen LogP contribution in [0, 0.1) is 11.8 Å². The van der Waals surface area contributed by atoms with Crippen molar-refractivity contribution in [1.29, 1.82) is 0 Å².